The van der Waals surface area contributed by atoms with E-state index in [1.165, 1.54) is 6.92 Å². The Kier molecular flexibility index (Phi) is 1.73. The number of carbonyl (C=O) groups is 2. The second-order valence-electron chi connectivity index (χ2n) is 3.31. The summed E-state index contributed by atoms with van der Waals surface area (Å²) in [7, 11) is 0. The van der Waals surface area contributed by atoms with Gasteiger partial charge in [-0.1, -0.05) is 0 Å². The number of rotatable bonds is 1. The Morgan fingerprint density at radius 1 is 1.62 bits per heavy atom. The zero-order valence-electron chi connectivity index (χ0n) is 7.44. The molecule has 4 nitrogen and oxygen atoms in total. The van der Waals surface area contributed by atoms with Crippen molar-refractivity contribution in [3.05, 3.63) is 11.6 Å². The molecule has 0 amide bonds. The van der Waals surface area contributed by atoms with Gasteiger partial charge in [-0.15, -0.1) is 0 Å². The van der Waals surface area contributed by atoms with Gasteiger partial charge in [0, 0.05) is 6.92 Å². The van der Waals surface area contributed by atoms with E-state index in [0.29, 0.717) is 5.57 Å². The van der Waals surface area contributed by atoms with Crippen LogP contribution < -0.4 is 0 Å². The predicted octanol–water partition coefficient (Wildman–Crippen LogP) is 0.214. The Hall–Kier alpha value is -1.16. The average molecular weight is 182 g/mol. The summed E-state index contributed by atoms with van der Waals surface area (Å²) in [6.45, 7) is 3.05. The number of carbonyl (C=O) groups excluding carboxylic acids is 2. The molecule has 0 radical (unpaired) electrons. The third-order valence-electron chi connectivity index (χ3n) is 2.21. The van der Waals surface area contributed by atoms with Crippen molar-refractivity contribution in [1.82, 2.24) is 0 Å². The van der Waals surface area contributed by atoms with Crippen LogP contribution in [0, 0.1) is 0 Å². The molecule has 1 saturated heterocycles. The van der Waals surface area contributed by atoms with Gasteiger partial charge in [0.05, 0.1) is 0 Å². The van der Waals surface area contributed by atoms with Crippen LogP contribution >= 0.6 is 0 Å². The van der Waals surface area contributed by atoms with E-state index in [0.717, 1.165) is 0 Å². The highest BCUT2D eigenvalue weighted by molar-refractivity contribution is 6.01. The molecule has 1 aliphatic carbocycles. The van der Waals surface area contributed by atoms with Gasteiger partial charge in [0.2, 0.25) is 0 Å². The normalized spacial score (nSPS) is 36.3. The molecule has 2 rings (SSSR count). The summed E-state index contributed by atoms with van der Waals surface area (Å²) in [6.07, 6.45) is 0.674. The van der Waals surface area contributed by atoms with Crippen LogP contribution in [0.1, 0.15) is 13.8 Å². The zero-order valence-corrected chi connectivity index (χ0v) is 7.44. The van der Waals surface area contributed by atoms with E-state index in [1.54, 1.807) is 13.0 Å². The van der Waals surface area contributed by atoms with Crippen molar-refractivity contribution >= 4 is 11.8 Å². The summed E-state index contributed by atoms with van der Waals surface area (Å²) in [6, 6.07) is 0. The first-order valence-electron chi connectivity index (χ1n) is 4.15. The molecule has 4 heteroatoms. The molecule has 13 heavy (non-hydrogen) atoms. The lowest BCUT2D eigenvalue weighted by Gasteiger charge is -2.14. The van der Waals surface area contributed by atoms with Gasteiger partial charge in [0.25, 0.3) is 0 Å². The number of Topliss-reactive ketones (excluding diaryl/α,β-unsaturated/α-hetero) is 1. The highest BCUT2D eigenvalue weighted by Gasteiger charge is 2.53. The maximum atomic E-state index is 11.3. The van der Waals surface area contributed by atoms with Crippen molar-refractivity contribution in [3.8, 4) is 0 Å². The molecule has 0 N–H and O–H groups in total. The molecule has 0 aromatic heterocycles. The van der Waals surface area contributed by atoms with Crippen molar-refractivity contribution in [3.63, 3.8) is 0 Å². The summed E-state index contributed by atoms with van der Waals surface area (Å²) < 4.78 is 10.1. The fourth-order valence-electron chi connectivity index (χ4n) is 1.53. The maximum absolute atomic E-state index is 11.3. The number of hydrogen-bond acceptors (Lipinski definition) is 4. The molecule has 0 spiro atoms. The molecule has 1 heterocycles. The Balaban J connectivity index is 2.14. The molecule has 1 aliphatic heterocycles. The summed E-state index contributed by atoms with van der Waals surface area (Å²) in [4.78, 5) is 21.9. The fourth-order valence-corrected chi connectivity index (χ4v) is 1.53. The van der Waals surface area contributed by atoms with Crippen LogP contribution in [0.25, 0.3) is 0 Å². The standard InChI is InChI=1S/C9H10O4/c1-4-3-6(12-5(2)10)8-9(13-8)7(4)11/h3,6,8-9H,1-2H3/t6-,8-,9+/m1/s1. The second-order valence-corrected chi connectivity index (χ2v) is 3.31. The number of ether oxygens (including phenoxy) is 2. The minimum atomic E-state index is -0.375. The number of ketones is 1. The monoisotopic (exact) mass is 182 g/mol. The first-order valence-corrected chi connectivity index (χ1v) is 4.15. The van der Waals surface area contributed by atoms with Crippen LogP contribution in [0.3, 0.4) is 0 Å². The minimum Gasteiger partial charge on any atom is -0.455 e. The molecule has 1 fully saturated rings. The fraction of sp³-hybridized carbons (Fsp3) is 0.556. The third-order valence-corrected chi connectivity index (χ3v) is 2.21. The highest BCUT2D eigenvalue weighted by Crippen LogP contribution is 2.35. The number of esters is 1. The van der Waals surface area contributed by atoms with Gasteiger partial charge in [-0.25, -0.2) is 0 Å². The Morgan fingerprint density at radius 2 is 2.31 bits per heavy atom. The number of hydrogen-bond donors (Lipinski definition) is 0. The smallest absolute Gasteiger partial charge is 0.303 e. The lowest BCUT2D eigenvalue weighted by atomic mass is 9.97. The first-order chi connectivity index (χ1) is 6.09. The third kappa shape index (κ3) is 1.37. The summed E-state index contributed by atoms with van der Waals surface area (Å²) in [5, 5.41) is 0. The molecule has 0 unspecified atom stereocenters. The van der Waals surface area contributed by atoms with E-state index >= 15 is 0 Å². The van der Waals surface area contributed by atoms with Gasteiger partial charge >= 0.3 is 5.97 Å². The minimum absolute atomic E-state index is 0.00778. The van der Waals surface area contributed by atoms with Gasteiger partial charge < -0.3 is 9.47 Å². The lowest BCUT2D eigenvalue weighted by Crippen LogP contribution is -2.29. The summed E-state index contributed by atoms with van der Waals surface area (Å²) in [5.74, 6) is -0.342. The Morgan fingerprint density at radius 3 is 2.92 bits per heavy atom. The van der Waals surface area contributed by atoms with E-state index in [4.69, 9.17) is 9.47 Å². The van der Waals surface area contributed by atoms with Crippen LogP contribution in [0.5, 0.6) is 0 Å². The Labute approximate surface area is 75.5 Å². The summed E-state index contributed by atoms with van der Waals surface area (Å²) in [5.41, 5.74) is 0.616. The molecular weight excluding hydrogens is 172 g/mol. The van der Waals surface area contributed by atoms with Gasteiger partial charge in [-0.05, 0) is 18.6 Å². The lowest BCUT2D eigenvalue weighted by molar-refractivity contribution is -0.145. The SMILES string of the molecule is CC(=O)O[C@@H]1C=C(C)C(=O)[C@@H]2O[C@H]12. The van der Waals surface area contributed by atoms with Crippen molar-refractivity contribution < 1.29 is 19.1 Å². The van der Waals surface area contributed by atoms with E-state index in [-0.39, 0.29) is 30.1 Å². The van der Waals surface area contributed by atoms with Crippen LogP contribution in [0.2, 0.25) is 0 Å². The highest BCUT2D eigenvalue weighted by atomic mass is 16.6. The van der Waals surface area contributed by atoms with E-state index in [1.807, 2.05) is 0 Å². The number of epoxide rings is 1. The van der Waals surface area contributed by atoms with Crippen LogP contribution in [0.15, 0.2) is 11.6 Å². The number of fused-ring (bicyclic) bond motifs is 1. The molecule has 3 atom stereocenters. The van der Waals surface area contributed by atoms with Crippen LogP contribution in [-0.2, 0) is 19.1 Å². The predicted molar refractivity (Wildman–Crippen MR) is 43.0 cm³/mol. The van der Waals surface area contributed by atoms with E-state index in [9.17, 15) is 9.59 Å². The topological polar surface area (TPSA) is 55.9 Å². The van der Waals surface area contributed by atoms with E-state index in [2.05, 4.69) is 0 Å². The molecular formula is C9H10O4. The second kappa shape index (κ2) is 2.67. The molecule has 0 saturated carbocycles. The molecule has 0 bridgehead atoms. The zero-order chi connectivity index (χ0) is 9.59. The molecule has 0 aromatic carbocycles. The molecule has 2 aliphatic rings. The van der Waals surface area contributed by atoms with Gasteiger partial charge in [-0.2, -0.15) is 0 Å². The van der Waals surface area contributed by atoms with E-state index < -0.39 is 0 Å². The van der Waals surface area contributed by atoms with Crippen LogP contribution in [-0.4, -0.2) is 30.1 Å². The van der Waals surface area contributed by atoms with Gasteiger partial charge in [0.15, 0.2) is 11.9 Å². The van der Waals surface area contributed by atoms with Crippen molar-refractivity contribution in [2.45, 2.75) is 32.2 Å². The largest absolute Gasteiger partial charge is 0.455 e. The molecule has 0 aromatic rings. The molecule has 70 valence electrons. The maximum Gasteiger partial charge on any atom is 0.303 e. The van der Waals surface area contributed by atoms with Gasteiger partial charge in [-0.3, -0.25) is 9.59 Å². The van der Waals surface area contributed by atoms with Gasteiger partial charge in [0.1, 0.15) is 12.2 Å². The summed E-state index contributed by atoms with van der Waals surface area (Å²) >= 11 is 0. The van der Waals surface area contributed by atoms with Crippen molar-refractivity contribution in [1.29, 1.82) is 0 Å². The quantitative estimate of drug-likeness (QED) is 0.430. The Bertz CT molecular complexity index is 305. The van der Waals surface area contributed by atoms with Crippen molar-refractivity contribution in [2.24, 2.45) is 0 Å². The van der Waals surface area contributed by atoms with Crippen molar-refractivity contribution in [2.75, 3.05) is 0 Å². The first kappa shape index (κ1) is 8.44. The average Bonchev–Trinajstić information content (AvgIpc) is 2.77. The van der Waals surface area contributed by atoms with Crippen LogP contribution in [0.4, 0.5) is 0 Å².